The van der Waals surface area contributed by atoms with Crippen LogP contribution in [0.5, 0.6) is 11.5 Å². The van der Waals surface area contributed by atoms with Crippen molar-refractivity contribution >= 4 is 11.6 Å². The van der Waals surface area contributed by atoms with Gasteiger partial charge < -0.3 is 15.2 Å². The van der Waals surface area contributed by atoms with Crippen LogP contribution in [-0.2, 0) is 6.42 Å². The number of nitrogens with zero attached hydrogens (tertiary/aromatic N) is 1. The van der Waals surface area contributed by atoms with Gasteiger partial charge in [-0.1, -0.05) is 36.4 Å². The Morgan fingerprint density at radius 3 is 2.48 bits per heavy atom. The molecule has 3 aromatic carbocycles. The average molecular weight is 390 g/mol. The molecule has 2 unspecified atom stereocenters. The zero-order valence-corrected chi connectivity index (χ0v) is 15.3. The lowest BCUT2D eigenvalue weighted by molar-refractivity contribution is -0.384. The number of hydrogen-bond acceptors (Lipinski definition) is 5. The highest BCUT2D eigenvalue weighted by molar-refractivity contribution is 5.97. The summed E-state index contributed by atoms with van der Waals surface area (Å²) >= 11 is 0. The molecule has 3 aromatic rings. The molecule has 1 amide bonds. The number of aliphatic hydroxyl groups is 1. The molecule has 0 saturated heterocycles. The second-order valence-corrected chi connectivity index (χ2v) is 6.77. The van der Waals surface area contributed by atoms with E-state index in [1.807, 2.05) is 24.3 Å². The van der Waals surface area contributed by atoms with Crippen LogP contribution in [0.15, 0.2) is 72.8 Å². The second-order valence-electron chi connectivity index (χ2n) is 6.77. The largest absolute Gasteiger partial charge is 0.457 e. The molecule has 1 aliphatic carbocycles. The number of nitro groups is 1. The molecule has 0 bridgehead atoms. The lowest BCUT2D eigenvalue weighted by Gasteiger charge is -2.19. The zero-order chi connectivity index (χ0) is 20.4. The highest BCUT2D eigenvalue weighted by Crippen LogP contribution is 2.32. The van der Waals surface area contributed by atoms with Crippen LogP contribution in [0.3, 0.4) is 0 Å². The highest BCUT2D eigenvalue weighted by atomic mass is 16.6. The number of fused-ring (bicyclic) bond motifs is 1. The number of para-hydroxylation sites is 1. The number of aliphatic hydroxyl groups excluding tert-OH is 1. The van der Waals surface area contributed by atoms with E-state index in [-0.39, 0.29) is 11.6 Å². The van der Waals surface area contributed by atoms with Crippen LogP contribution in [0.1, 0.15) is 27.5 Å². The van der Waals surface area contributed by atoms with Gasteiger partial charge in [0.2, 0.25) is 0 Å². The maximum atomic E-state index is 12.9. The van der Waals surface area contributed by atoms with Gasteiger partial charge in [0.15, 0.2) is 0 Å². The van der Waals surface area contributed by atoms with Gasteiger partial charge in [-0.05, 0) is 35.4 Å². The first-order valence-electron chi connectivity index (χ1n) is 9.11. The van der Waals surface area contributed by atoms with Crippen molar-refractivity contribution in [1.29, 1.82) is 0 Å². The number of carbonyl (C=O) groups is 1. The Labute approximate surface area is 166 Å². The highest BCUT2D eigenvalue weighted by Gasteiger charge is 2.32. The third-order valence-electron chi connectivity index (χ3n) is 4.90. The summed E-state index contributed by atoms with van der Waals surface area (Å²) in [5.41, 5.74) is 2.18. The molecular weight excluding hydrogens is 372 g/mol. The SMILES string of the molecule is O=C(NC1c2ccccc2CC1O)c1ccccc1Oc1ccc([N+](=O)[O-])cc1. The number of ether oxygens (including phenoxy) is 1. The second kappa shape index (κ2) is 7.73. The maximum Gasteiger partial charge on any atom is 0.269 e. The smallest absolute Gasteiger partial charge is 0.269 e. The van der Waals surface area contributed by atoms with Gasteiger partial charge in [-0.3, -0.25) is 14.9 Å². The van der Waals surface area contributed by atoms with Gasteiger partial charge in [0.25, 0.3) is 11.6 Å². The van der Waals surface area contributed by atoms with Crippen molar-refractivity contribution in [2.45, 2.75) is 18.6 Å². The van der Waals surface area contributed by atoms with Crippen LogP contribution in [-0.4, -0.2) is 22.0 Å². The molecule has 0 aromatic heterocycles. The zero-order valence-electron chi connectivity index (χ0n) is 15.3. The fraction of sp³-hybridized carbons (Fsp3) is 0.136. The topological polar surface area (TPSA) is 102 Å². The number of non-ortho nitro benzene ring substituents is 1. The Kier molecular flexibility index (Phi) is 4.97. The molecule has 0 aliphatic heterocycles. The number of carbonyl (C=O) groups excluding carboxylic acids is 1. The lowest BCUT2D eigenvalue weighted by atomic mass is 10.1. The van der Waals surface area contributed by atoms with E-state index >= 15 is 0 Å². The van der Waals surface area contributed by atoms with E-state index in [1.54, 1.807) is 24.3 Å². The van der Waals surface area contributed by atoms with Crippen molar-refractivity contribution in [3.8, 4) is 11.5 Å². The van der Waals surface area contributed by atoms with Crippen molar-refractivity contribution in [2.24, 2.45) is 0 Å². The molecular formula is C22H18N2O5. The van der Waals surface area contributed by atoms with E-state index in [4.69, 9.17) is 4.74 Å². The number of nitrogens with one attached hydrogen (secondary N) is 1. The maximum absolute atomic E-state index is 12.9. The van der Waals surface area contributed by atoms with Crippen molar-refractivity contribution in [2.75, 3.05) is 0 Å². The quantitative estimate of drug-likeness (QED) is 0.510. The van der Waals surface area contributed by atoms with E-state index in [9.17, 15) is 20.0 Å². The number of rotatable bonds is 5. The summed E-state index contributed by atoms with van der Waals surface area (Å²) in [5.74, 6) is 0.324. The summed E-state index contributed by atoms with van der Waals surface area (Å²) in [6.45, 7) is 0. The molecule has 0 radical (unpaired) electrons. The van der Waals surface area contributed by atoms with E-state index in [0.717, 1.165) is 11.1 Å². The Morgan fingerprint density at radius 1 is 1.03 bits per heavy atom. The lowest BCUT2D eigenvalue weighted by Crippen LogP contribution is -2.34. The van der Waals surface area contributed by atoms with Crippen molar-refractivity contribution < 1.29 is 19.6 Å². The Morgan fingerprint density at radius 2 is 1.72 bits per heavy atom. The summed E-state index contributed by atoms with van der Waals surface area (Å²) < 4.78 is 5.78. The van der Waals surface area contributed by atoms with Gasteiger partial charge in [0.05, 0.1) is 22.6 Å². The van der Waals surface area contributed by atoms with Crippen LogP contribution in [0.4, 0.5) is 5.69 Å². The molecule has 0 saturated carbocycles. The van der Waals surface area contributed by atoms with Crippen LogP contribution < -0.4 is 10.1 Å². The molecule has 146 valence electrons. The third kappa shape index (κ3) is 3.81. The first-order chi connectivity index (χ1) is 14.0. The van der Waals surface area contributed by atoms with E-state index in [0.29, 0.717) is 23.5 Å². The summed E-state index contributed by atoms with van der Waals surface area (Å²) in [6, 6.07) is 19.5. The van der Waals surface area contributed by atoms with Gasteiger partial charge in [0, 0.05) is 18.6 Å². The van der Waals surface area contributed by atoms with Gasteiger partial charge in [-0.2, -0.15) is 0 Å². The predicted octanol–water partition coefficient (Wildman–Crippen LogP) is 3.78. The number of nitro benzene ring substituents is 1. The van der Waals surface area contributed by atoms with Crippen LogP contribution in [0.2, 0.25) is 0 Å². The van der Waals surface area contributed by atoms with E-state index in [2.05, 4.69) is 5.32 Å². The normalized spacial score (nSPS) is 17.4. The predicted molar refractivity (Wildman–Crippen MR) is 106 cm³/mol. The molecule has 2 N–H and O–H groups in total. The van der Waals surface area contributed by atoms with Crippen LogP contribution in [0, 0.1) is 10.1 Å². The van der Waals surface area contributed by atoms with Crippen molar-refractivity contribution in [1.82, 2.24) is 5.32 Å². The first kappa shape index (κ1) is 18.6. The molecule has 1 aliphatic rings. The summed E-state index contributed by atoms with van der Waals surface area (Å²) in [4.78, 5) is 23.2. The molecule has 7 nitrogen and oxygen atoms in total. The molecule has 4 rings (SSSR count). The molecule has 29 heavy (non-hydrogen) atoms. The minimum absolute atomic E-state index is 0.0442. The number of hydrogen-bond donors (Lipinski definition) is 2. The molecule has 0 spiro atoms. The van der Waals surface area contributed by atoms with Crippen molar-refractivity contribution in [3.63, 3.8) is 0 Å². The standard InChI is InChI=1S/C22H18N2O5/c25-19-13-14-5-1-2-6-17(14)21(19)23-22(26)18-7-3-4-8-20(18)29-16-11-9-15(10-12-16)24(27)28/h1-12,19,21,25H,13H2,(H,23,26). The fourth-order valence-corrected chi connectivity index (χ4v) is 3.47. The van der Waals surface area contributed by atoms with Crippen LogP contribution in [0.25, 0.3) is 0 Å². The number of amides is 1. The van der Waals surface area contributed by atoms with Gasteiger partial charge in [-0.25, -0.2) is 0 Å². The monoisotopic (exact) mass is 390 g/mol. The fourth-order valence-electron chi connectivity index (χ4n) is 3.47. The minimum atomic E-state index is -0.695. The molecule has 2 atom stereocenters. The van der Waals surface area contributed by atoms with E-state index < -0.39 is 17.1 Å². The first-order valence-corrected chi connectivity index (χ1v) is 9.11. The summed E-state index contributed by atoms with van der Waals surface area (Å²) in [6.07, 6.45) is -0.207. The average Bonchev–Trinajstić information content (AvgIpc) is 3.04. The molecule has 0 heterocycles. The Bertz CT molecular complexity index is 1060. The van der Waals surface area contributed by atoms with Crippen molar-refractivity contribution in [3.05, 3.63) is 99.6 Å². The number of benzene rings is 3. The van der Waals surface area contributed by atoms with Gasteiger partial charge >= 0.3 is 0 Å². The van der Waals surface area contributed by atoms with Gasteiger partial charge in [-0.15, -0.1) is 0 Å². The Balaban J connectivity index is 1.55. The summed E-state index contributed by atoms with van der Waals surface area (Å²) in [5, 5.41) is 24.1. The summed E-state index contributed by atoms with van der Waals surface area (Å²) in [7, 11) is 0. The van der Waals surface area contributed by atoms with Crippen LogP contribution >= 0.6 is 0 Å². The molecule has 7 heteroatoms. The third-order valence-corrected chi connectivity index (χ3v) is 4.90. The van der Waals surface area contributed by atoms with Gasteiger partial charge in [0.1, 0.15) is 11.5 Å². The van der Waals surface area contributed by atoms with E-state index in [1.165, 1.54) is 24.3 Å². The molecule has 0 fully saturated rings. The minimum Gasteiger partial charge on any atom is -0.457 e. The Hall–Kier alpha value is -3.71.